The number of nitrogens with one attached hydrogen (secondary N) is 1. The second-order valence-corrected chi connectivity index (χ2v) is 6.07. The normalized spacial score (nSPS) is 23.2. The number of aromatic amines is 1. The minimum absolute atomic E-state index is 0.0254. The van der Waals surface area contributed by atoms with Gasteiger partial charge in [-0.1, -0.05) is 6.92 Å². The van der Waals surface area contributed by atoms with Crippen LogP contribution in [0, 0.1) is 0 Å². The third-order valence-electron chi connectivity index (χ3n) is 4.49. The molecule has 1 aromatic heterocycles. The van der Waals surface area contributed by atoms with Crippen molar-refractivity contribution in [3.8, 4) is 0 Å². The van der Waals surface area contributed by atoms with Gasteiger partial charge in [-0.15, -0.1) is 0 Å². The van der Waals surface area contributed by atoms with E-state index >= 15 is 0 Å². The van der Waals surface area contributed by atoms with Gasteiger partial charge in [0.15, 0.2) is 0 Å². The summed E-state index contributed by atoms with van der Waals surface area (Å²) in [6.45, 7) is 5.48. The lowest BCUT2D eigenvalue weighted by atomic mass is 10.2. The zero-order chi connectivity index (χ0) is 14.1. The number of likely N-dealkylation sites (N-methyl/N-ethyl adjacent to an activating group) is 2. The molecule has 1 saturated carbocycles. The first-order chi connectivity index (χ1) is 9.67. The van der Waals surface area contributed by atoms with Crippen molar-refractivity contribution in [2.24, 2.45) is 0 Å². The Hall–Kier alpha value is -1.36. The zero-order valence-corrected chi connectivity index (χ0v) is 12.4. The molecular weight excluding hydrogens is 252 g/mol. The van der Waals surface area contributed by atoms with Gasteiger partial charge in [0.25, 0.3) is 5.56 Å². The standard InChI is InChI=1S/C15H24N4O/c1-3-19-8-4-5-12(19)10-18(2)13-9-14(20)17-15(16-13)11-6-7-11/h9,11-12H,3-8,10H2,1-2H3,(H,16,17,20). The average Bonchev–Trinajstić information content (AvgIpc) is 3.19. The minimum Gasteiger partial charge on any atom is -0.358 e. The molecule has 1 aromatic rings. The van der Waals surface area contributed by atoms with E-state index < -0.39 is 0 Å². The molecule has 0 radical (unpaired) electrons. The Morgan fingerprint density at radius 1 is 1.45 bits per heavy atom. The molecule has 5 nitrogen and oxygen atoms in total. The summed E-state index contributed by atoms with van der Waals surface area (Å²) in [5.41, 5.74) is -0.0254. The third-order valence-corrected chi connectivity index (χ3v) is 4.49. The molecule has 1 aliphatic carbocycles. The maximum absolute atomic E-state index is 11.8. The van der Waals surface area contributed by atoms with Crippen molar-refractivity contribution in [3.63, 3.8) is 0 Å². The summed E-state index contributed by atoms with van der Waals surface area (Å²) in [7, 11) is 2.05. The molecule has 0 amide bonds. The molecule has 2 fully saturated rings. The highest BCUT2D eigenvalue weighted by atomic mass is 16.1. The van der Waals surface area contributed by atoms with Crippen molar-refractivity contribution in [1.82, 2.24) is 14.9 Å². The van der Waals surface area contributed by atoms with Crippen LogP contribution >= 0.6 is 0 Å². The molecule has 3 rings (SSSR count). The topological polar surface area (TPSA) is 52.2 Å². The smallest absolute Gasteiger partial charge is 0.252 e. The largest absolute Gasteiger partial charge is 0.358 e. The molecule has 0 bridgehead atoms. The second kappa shape index (κ2) is 5.56. The molecule has 1 N–H and O–H groups in total. The minimum atomic E-state index is -0.0254. The van der Waals surface area contributed by atoms with E-state index in [0.717, 1.165) is 37.6 Å². The number of anilines is 1. The molecule has 1 unspecified atom stereocenters. The summed E-state index contributed by atoms with van der Waals surface area (Å²) < 4.78 is 0. The van der Waals surface area contributed by atoms with Crippen molar-refractivity contribution in [2.75, 3.05) is 31.6 Å². The number of aromatic nitrogens is 2. The van der Waals surface area contributed by atoms with Crippen molar-refractivity contribution in [1.29, 1.82) is 0 Å². The summed E-state index contributed by atoms with van der Waals surface area (Å²) in [6, 6.07) is 2.22. The molecule has 1 aliphatic heterocycles. The first-order valence-electron chi connectivity index (χ1n) is 7.74. The summed E-state index contributed by atoms with van der Waals surface area (Å²) in [5.74, 6) is 2.17. The Morgan fingerprint density at radius 2 is 2.25 bits per heavy atom. The fraction of sp³-hybridized carbons (Fsp3) is 0.733. The van der Waals surface area contributed by atoms with Gasteiger partial charge in [-0.2, -0.15) is 0 Å². The number of likely N-dealkylation sites (tertiary alicyclic amines) is 1. The number of rotatable bonds is 5. The van der Waals surface area contributed by atoms with Gasteiger partial charge < -0.3 is 9.88 Å². The van der Waals surface area contributed by atoms with Gasteiger partial charge in [0.05, 0.1) is 0 Å². The lowest BCUT2D eigenvalue weighted by molar-refractivity contribution is 0.270. The summed E-state index contributed by atoms with van der Waals surface area (Å²) in [6.07, 6.45) is 4.84. The van der Waals surface area contributed by atoms with Gasteiger partial charge >= 0.3 is 0 Å². The first kappa shape index (κ1) is 13.6. The molecule has 1 atom stereocenters. The number of hydrogen-bond donors (Lipinski definition) is 1. The van der Waals surface area contributed by atoms with Gasteiger partial charge in [0, 0.05) is 31.6 Å². The Balaban J connectivity index is 1.73. The van der Waals surface area contributed by atoms with E-state index in [4.69, 9.17) is 0 Å². The SMILES string of the molecule is CCN1CCCC1CN(C)c1cc(=O)[nH]c(C2CC2)n1. The molecule has 0 aromatic carbocycles. The van der Waals surface area contributed by atoms with Crippen LogP contribution in [0.25, 0.3) is 0 Å². The Morgan fingerprint density at radius 3 is 2.95 bits per heavy atom. The van der Waals surface area contributed by atoms with Gasteiger partial charge in [-0.05, 0) is 38.8 Å². The number of nitrogens with zero attached hydrogens (tertiary/aromatic N) is 3. The van der Waals surface area contributed by atoms with Crippen LogP contribution in [0.4, 0.5) is 5.82 Å². The maximum atomic E-state index is 11.8. The van der Waals surface area contributed by atoms with E-state index in [1.165, 1.54) is 19.4 Å². The highest BCUT2D eigenvalue weighted by Crippen LogP contribution is 2.37. The highest BCUT2D eigenvalue weighted by molar-refractivity contribution is 5.37. The lowest BCUT2D eigenvalue weighted by Gasteiger charge is -2.28. The molecular formula is C15H24N4O. The maximum Gasteiger partial charge on any atom is 0.252 e. The monoisotopic (exact) mass is 276 g/mol. The van der Waals surface area contributed by atoms with Crippen LogP contribution in [0.5, 0.6) is 0 Å². The van der Waals surface area contributed by atoms with Crippen molar-refractivity contribution >= 4 is 5.82 Å². The summed E-state index contributed by atoms with van der Waals surface area (Å²) in [5, 5.41) is 0. The second-order valence-electron chi connectivity index (χ2n) is 6.07. The molecule has 20 heavy (non-hydrogen) atoms. The molecule has 2 aliphatic rings. The summed E-state index contributed by atoms with van der Waals surface area (Å²) in [4.78, 5) is 23.9. The van der Waals surface area contributed by atoms with Crippen molar-refractivity contribution in [2.45, 2.75) is 44.6 Å². The quantitative estimate of drug-likeness (QED) is 0.887. The Bertz CT molecular complexity index is 523. The molecule has 0 spiro atoms. The van der Waals surface area contributed by atoms with Crippen LogP contribution < -0.4 is 10.5 Å². The number of H-pyrrole nitrogens is 1. The molecule has 2 heterocycles. The van der Waals surface area contributed by atoms with Crippen LogP contribution in [0.15, 0.2) is 10.9 Å². The predicted molar refractivity (Wildman–Crippen MR) is 80.4 cm³/mol. The van der Waals surface area contributed by atoms with Gasteiger partial charge in [-0.25, -0.2) is 4.98 Å². The van der Waals surface area contributed by atoms with Gasteiger partial charge in [0.2, 0.25) is 0 Å². The van der Waals surface area contributed by atoms with Crippen LogP contribution in [0.1, 0.15) is 44.3 Å². The van der Waals surface area contributed by atoms with Gasteiger partial charge in [-0.3, -0.25) is 9.69 Å². The van der Waals surface area contributed by atoms with Crippen molar-refractivity contribution < 1.29 is 0 Å². The van der Waals surface area contributed by atoms with Crippen LogP contribution in [0.3, 0.4) is 0 Å². The first-order valence-corrected chi connectivity index (χ1v) is 7.74. The van der Waals surface area contributed by atoms with Gasteiger partial charge in [0.1, 0.15) is 11.6 Å². The summed E-state index contributed by atoms with van der Waals surface area (Å²) >= 11 is 0. The van der Waals surface area contributed by atoms with Crippen LogP contribution in [-0.2, 0) is 0 Å². The highest BCUT2D eigenvalue weighted by Gasteiger charge is 2.28. The zero-order valence-electron chi connectivity index (χ0n) is 12.4. The number of hydrogen-bond acceptors (Lipinski definition) is 4. The van der Waals surface area contributed by atoms with E-state index in [1.807, 2.05) is 7.05 Å². The Labute approximate surface area is 120 Å². The fourth-order valence-electron chi connectivity index (χ4n) is 3.14. The van der Waals surface area contributed by atoms with E-state index in [-0.39, 0.29) is 5.56 Å². The molecule has 5 heteroatoms. The van der Waals surface area contributed by atoms with E-state index in [1.54, 1.807) is 6.07 Å². The fourth-order valence-corrected chi connectivity index (χ4v) is 3.14. The van der Waals surface area contributed by atoms with Crippen molar-refractivity contribution in [3.05, 3.63) is 22.2 Å². The predicted octanol–water partition coefficient (Wildman–Crippen LogP) is 1.57. The van der Waals surface area contributed by atoms with E-state index in [0.29, 0.717) is 12.0 Å². The van der Waals surface area contributed by atoms with E-state index in [9.17, 15) is 4.79 Å². The third kappa shape index (κ3) is 2.87. The average molecular weight is 276 g/mol. The molecule has 110 valence electrons. The van der Waals surface area contributed by atoms with E-state index in [2.05, 4.69) is 26.7 Å². The Kier molecular flexibility index (Phi) is 3.78. The van der Waals surface area contributed by atoms with Crippen LogP contribution in [0.2, 0.25) is 0 Å². The lowest BCUT2D eigenvalue weighted by Crippen LogP contribution is -2.39. The molecule has 1 saturated heterocycles. The van der Waals surface area contributed by atoms with Crippen LogP contribution in [-0.4, -0.2) is 47.6 Å².